The second kappa shape index (κ2) is 19.9. The van der Waals surface area contributed by atoms with Crippen LogP contribution in [0.3, 0.4) is 0 Å². The van der Waals surface area contributed by atoms with Crippen molar-refractivity contribution in [1.82, 2.24) is 0 Å². The number of esters is 2. The third-order valence-corrected chi connectivity index (χ3v) is 4.01. The monoisotopic (exact) mass is 438 g/mol. The summed E-state index contributed by atoms with van der Waals surface area (Å²) in [5.41, 5.74) is 0. The number of unbranched alkanes of at least 4 members (excludes halogenated alkanes) is 3. The van der Waals surface area contributed by atoms with Crippen molar-refractivity contribution < 1.29 is 28.5 Å². The van der Waals surface area contributed by atoms with Crippen molar-refractivity contribution in [1.29, 1.82) is 0 Å². The minimum absolute atomic E-state index is 0.0385. The third-order valence-electron chi connectivity index (χ3n) is 3.64. The van der Waals surface area contributed by atoms with Gasteiger partial charge in [-0.3, -0.25) is 9.59 Å². The average Bonchev–Trinajstić information content (AvgIpc) is 2.60. The first kappa shape index (κ1) is 27.6. The molecule has 0 N–H and O–H groups in total. The molecule has 2 unspecified atom stereocenters. The first-order chi connectivity index (χ1) is 13.4. The zero-order chi connectivity index (χ0) is 21.0. The number of rotatable bonds is 19. The molecule has 6 nitrogen and oxygen atoms in total. The van der Waals surface area contributed by atoms with Gasteiger partial charge in [0.2, 0.25) is 0 Å². The van der Waals surface area contributed by atoms with E-state index in [2.05, 4.69) is 25.3 Å². The van der Waals surface area contributed by atoms with E-state index in [1.807, 2.05) is 13.8 Å². The molecule has 0 heterocycles. The molecule has 0 rings (SSSR count). The van der Waals surface area contributed by atoms with Gasteiger partial charge in [0.25, 0.3) is 0 Å². The maximum Gasteiger partial charge on any atom is 0.306 e. The van der Waals surface area contributed by atoms with Crippen LogP contribution in [0.1, 0.15) is 65.2 Å². The van der Waals surface area contributed by atoms with Gasteiger partial charge in [0, 0.05) is 36.9 Å². The Balaban J connectivity index is 3.16. The molecular formula is C20H38O6S2. The highest BCUT2D eigenvalue weighted by Gasteiger charge is 2.06. The molecule has 8 heteroatoms. The van der Waals surface area contributed by atoms with E-state index in [-0.39, 0.29) is 22.4 Å². The Morgan fingerprint density at radius 2 is 0.893 bits per heavy atom. The first-order valence-corrected chi connectivity index (χ1v) is 11.3. The van der Waals surface area contributed by atoms with Crippen LogP contribution in [-0.2, 0) is 28.5 Å². The third kappa shape index (κ3) is 21.9. The number of carbonyl (C=O) groups is 2. The van der Waals surface area contributed by atoms with E-state index in [9.17, 15) is 9.59 Å². The average molecular weight is 439 g/mol. The summed E-state index contributed by atoms with van der Waals surface area (Å²) in [4.78, 5) is 22.6. The zero-order valence-electron chi connectivity index (χ0n) is 17.4. The smallest absolute Gasteiger partial charge is 0.306 e. The van der Waals surface area contributed by atoms with Crippen LogP contribution in [0.2, 0.25) is 0 Å². The molecule has 0 saturated heterocycles. The van der Waals surface area contributed by atoms with Crippen molar-refractivity contribution >= 4 is 37.2 Å². The number of hydrogen-bond donors (Lipinski definition) is 2. The molecule has 0 aliphatic rings. The zero-order valence-corrected chi connectivity index (χ0v) is 19.2. The first-order valence-electron chi connectivity index (χ1n) is 10.2. The number of hydrogen-bond acceptors (Lipinski definition) is 8. The molecule has 0 aliphatic carbocycles. The maximum absolute atomic E-state index is 11.3. The standard InChI is InChI=1S/C20H38O6S2/c1-17(27)15-19(21)25-13-7-5-11-23-9-3-4-10-24-12-6-8-14-26-20(22)16-18(2)28/h17-18,27-28H,3-16H2,1-2H3. The van der Waals surface area contributed by atoms with Crippen LogP contribution in [0.25, 0.3) is 0 Å². The second-order valence-electron chi connectivity index (χ2n) is 6.89. The van der Waals surface area contributed by atoms with Crippen molar-refractivity contribution in [2.45, 2.75) is 75.7 Å². The van der Waals surface area contributed by atoms with Crippen LogP contribution >= 0.6 is 25.3 Å². The summed E-state index contributed by atoms with van der Waals surface area (Å²) in [7, 11) is 0. The van der Waals surface area contributed by atoms with E-state index in [1.54, 1.807) is 0 Å². The van der Waals surface area contributed by atoms with Crippen molar-refractivity contribution in [2.75, 3.05) is 39.6 Å². The summed E-state index contributed by atoms with van der Waals surface area (Å²) in [5, 5.41) is 0.0770. The predicted octanol–water partition coefficient (Wildman–Crippen LogP) is 3.86. The van der Waals surface area contributed by atoms with E-state index in [4.69, 9.17) is 18.9 Å². The molecule has 0 saturated carbocycles. The minimum atomic E-state index is -0.187. The molecule has 0 aromatic rings. The lowest BCUT2D eigenvalue weighted by atomic mass is 10.3. The highest BCUT2D eigenvalue weighted by Crippen LogP contribution is 2.03. The highest BCUT2D eigenvalue weighted by molar-refractivity contribution is 7.81. The van der Waals surface area contributed by atoms with Crippen LogP contribution in [0.4, 0.5) is 0 Å². The lowest BCUT2D eigenvalue weighted by Crippen LogP contribution is -2.10. The Morgan fingerprint density at radius 1 is 0.607 bits per heavy atom. The van der Waals surface area contributed by atoms with Crippen LogP contribution in [0, 0.1) is 0 Å². The van der Waals surface area contributed by atoms with E-state index in [0.29, 0.717) is 39.3 Å². The van der Waals surface area contributed by atoms with Gasteiger partial charge >= 0.3 is 11.9 Å². The number of carbonyl (C=O) groups excluding carboxylic acids is 2. The minimum Gasteiger partial charge on any atom is -0.466 e. The lowest BCUT2D eigenvalue weighted by Gasteiger charge is -2.08. The van der Waals surface area contributed by atoms with Gasteiger partial charge in [-0.05, 0) is 38.5 Å². The largest absolute Gasteiger partial charge is 0.466 e. The van der Waals surface area contributed by atoms with E-state index >= 15 is 0 Å². The van der Waals surface area contributed by atoms with E-state index in [0.717, 1.165) is 51.7 Å². The Hall–Kier alpha value is -0.440. The molecule has 0 amide bonds. The van der Waals surface area contributed by atoms with Gasteiger partial charge in [-0.1, -0.05) is 13.8 Å². The van der Waals surface area contributed by atoms with Gasteiger partial charge in [-0.2, -0.15) is 25.3 Å². The van der Waals surface area contributed by atoms with Gasteiger partial charge in [0.15, 0.2) is 0 Å². The predicted molar refractivity (Wildman–Crippen MR) is 117 cm³/mol. The molecular weight excluding hydrogens is 400 g/mol. The fourth-order valence-corrected chi connectivity index (χ4v) is 2.50. The molecule has 0 aromatic carbocycles. The molecule has 0 radical (unpaired) electrons. The molecule has 0 aliphatic heterocycles. The highest BCUT2D eigenvalue weighted by atomic mass is 32.1. The van der Waals surface area contributed by atoms with Crippen molar-refractivity contribution in [3.63, 3.8) is 0 Å². The fraction of sp³-hybridized carbons (Fsp3) is 0.900. The molecule has 0 fully saturated rings. The Morgan fingerprint density at radius 3 is 1.18 bits per heavy atom. The summed E-state index contributed by atoms with van der Waals surface area (Å²) in [6.45, 7) is 7.45. The van der Waals surface area contributed by atoms with Gasteiger partial charge in [0.1, 0.15) is 0 Å². The molecule has 0 bridgehead atoms. The van der Waals surface area contributed by atoms with Crippen molar-refractivity contribution in [2.24, 2.45) is 0 Å². The van der Waals surface area contributed by atoms with Crippen molar-refractivity contribution in [3.8, 4) is 0 Å². The fourth-order valence-electron chi connectivity index (χ4n) is 2.20. The Labute approximate surface area is 181 Å². The van der Waals surface area contributed by atoms with Crippen LogP contribution in [0.5, 0.6) is 0 Å². The normalized spacial score (nSPS) is 13.1. The van der Waals surface area contributed by atoms with Crippen molar-refractivity contribution in [3.05, 3.63) is 0 Å². The summed E-state index contributed by atoms with van der Waals surface area (Å²) in [6, 6.07) is 0. The quantitative estimate of drug-likeness (QED) is 0.181. The van der Waals surface area contributed by atoms with Crippen LogP contribution in [-0.4, -0.2) is 62.1 Å². The van der Waals surface area contributed by atoms with Gasteiger partial charge in [0.05, 0.1) is 26.1 Å². The maximum atomic E-state index is 11.3. The topological polar surface area (TPSA) is 71.1 Å². The van der Waals surface area contributed by atoms with Crippen LogP contribution in [0.15, 0.2) is 0 Å². The SMILES string of the molecule is CC(S)CC(=O)OCCCCOCCCCOCCCCOC(=O)CC(C)S. The molecule has 2 atom stereocenters. The Kier molecular flexibility index (Phi) is 19.5. The van der Waals surface area contributed by atoms with E-state index in [1.165, 1.54) is 0 Å². The summed E-state index contributed by atoms with van der Waals surface area (Å²) >= 11 is 8.31. The van der Waals surface area contributed by atoms with Gasteiger partial charge < -0.3 is 18.9 Å². The van der Waals surface area contributed by atoms with E-state index < -0.39 is 0 Å². The molecule has 166 valence electrons. The van der Waals surface area contributed by atoms with Crippen LogP contribution < -0.4 is 0 Å². The molecule has 28 heavy (non-hydrogen) atoms. The summed E-state index contributed by atoms with van der Waals surface area (Å²) in [6.07, 6.45) is 6.05. The molecule has 0 spiro atoms. The lowest BCUT2D eigenvalue weighted by molar-refractivity contribution is -0.144. The summed E-state index contributed by atoms with van der Waals surface area (Å²) < 4.78 is 21.3. The van der Waals surface area contributed by atoms with Gasteiger partial charge in [-0.15, -0.1) is 0 Å². The number of thiol groups is 2. The van der Waals surface area contributed by atoms with Gasteiger partial charge in [-0.25, -0.2) is 0 Å². The number of ether oxygens (including phenoxy) is 4. The summed E-state index contributed by atoms with van der Waals surface area (Å²) in [5.74, 6) is -0.375. The molecule has 0 aromatic heterocycles. The Bertz CT molecular complexity index is 355. The second-order valence-corrected chi connectivity index (χ2v) is 8.66.